The van der Waals surface area contributed by atoms with Crippen molar-refractivity contribution in [3.8, 4) is 11.5 Å². The summed E-state index contributed by atoms with van der Waals surface area (Å²) in [6.45, 7) is 5.42. The standard InChI is InChI=1S/C24H27ClN2O5S/c1-16(27-9-10-30-21(13-27)15-32-20-4-2-3-18(25)12-20)14-31-19-7-5-17(6-8-19)11-22-23(28)26-24(29)33-22/h2-8,12,16,21-22H,9-11,13-15H2,1H3,(H,26,28,29). The van der Waals surface area contributed by atoms with E-state index in [0.717, 1.165) is 41.9 Å². The molecule has 9 heteroatoms. The van der Waals surface area contributed by atoms with E-state index in [1.54, 1.807) is 6.07 Å². The Morgan fingerprint density at radius 2 is 2.00 bits per heavy atom. The van der Waals surface area contributed by atoms with Crippen LogP contribution in [0.2, 0.25) is 5.02 Å². The Kier molecular flexibility index (Phi) is 8.14. The van der Waals surface area contributed by atoms with Crippen molar-refractivity contribution in [3.05, 3.63) is 59.1 Å². The van der Waals surface area contributed by atoms with Crippen molar-refractivity contribution in [1.82, 2.24) is 10.2 Å². The van der Waals surface area contributed by atoms with E-state index in [0.29, 0.717) is 31.3 Å². The minimum atomic E-state index is -0.360. The van der Waals surface area contributed by atoms with Crippen LogP contribution in [0.25, 0.3) is 0 Å². The zero-order valence-electron chi connectivity index (χ0n) is 18.4. The first-order valence-electron chi connectivity index (χ1n) is 10.9. The van der Waals surface area contributed by atoms with Gasteiger partial charge in [0.1, 0.15) is 30.8 Å². The van der Waals surface area contributed by atoms with Crippen molar-refractivity contribution in [3.63, 3.8) is 0 Å². The number of carbonyl (C=O) groups is 2. The molecule has 1 N–H and O–H groups in total. The average Bonchev–Trinajstić information content (AvgIpc) is 3.13. The molecule has 0 aliphatic carbocycles. The molecule has 2 fully saturated rings. The largest absolute Gasteiger partial charge is 0.492 e. The Morgan fingerprint density at radius 3 is 2.73 bits per heavy atom. The van der Waals surface area contributed by atoms with Crippen molar-refractivity contribution in [1.29, 1.82) is 0 Å². The number of benzene rings is 2. The normalized spacial score (nSPS) is 22.1. The summed E-state index contributed by atoms with van der Waals surface area (Å²) in [7, 11) is 0. The predicted octanol–water partition coefficient (Wildman–Crippen LogP) is 3.78. The molecule has 3 unspecified atom stereocenters. The lowest BCUT2D eigenvalue weighted by atomic mass is 10.1. The minimum absolute atomic E-state index is 0.0167. The summed E-state index contributed by atoms with van der Waals surface area (Å²) in [5, 5.41) is 2.33. The van der Waals surface area contributed by atoms with E-state index in [1.165, 1.54) is 0 Å². The van der Waals surface area contributed by atoms with Crippen LogP contribution in [0.5, 0.6) is 11.5 Å². The maximum absolute atomic E-state index is 11.7. The molecule has 2 saturated heterocycles. The fourth-order valence-electron chi connectivity index (χ4n) is 3.77. The molecule has 3 atom stereocenters. The topological polar surface area (TPSA) is 77.1 Å². The maximum Gasteiger partial charge on any atom is 0.286 e. The van der Waals surface area contributed by atoms with Crippen molar-refractivity contribution in [2.24, 2.45) is 0 Å². The molecule has 2 heterocycles. The highest BCUT2D eigenvalue weighted by molar-refractivity contribution is 8.15. The molecule has 0 radical (unpaired) electrons. The summed E-state index contributed by atoms with van der Waals surface area (Å²) in [4.78, 5) is 25.4. The summed E-state index contributed by atoms with van der Waals surface area (Å²) in [6, 6.07) is 15.3. The Hall–Kier alpha value is -2.26. The quantitative estimate of drug-likeness (QED) is 0.573. The summed E-state index contributed by atoms with van der Waals surface area (Å²) in [5.74, 6) is 1.29. The lowest BCUT2D eigenvalue weighted by molar-refractivity contribution is -0.118. The second kappa shape index (κ2) is 11.2. The fraction of sp³-hybridized carbons (Fsp3) is 0.417. The highest BCUT2D eigenvalue weighted by atomic mass is 35.5. The van der Waals surface area contributed by atoms with Gasteiger partial charge in [-0.3, -0.25) is 19.8 Å². The van der Waals surface area contributed by atoms with Crippen LogP contribution in [0.1, 0.15) is 12.5 Å². The molecular formula is C24H27ClN2O5S. The molecule has 2 aromatic carbocycles. The van der Waals surface area contributed by atoms with E-state index in [-0.39, 0.29) is 28.5 Å². The van der Waals surface area contributed by atoms with Crippen LogP contribution in [-0.4, -0.2) is 66.4 Å². The van der Waals surface area contributed by atoms with Gasteiger partial charge < -0.3 is 14.2 Å². The molecule has 0 aromatic heterocycles. The summed E-state index contributed by atoms with van der Waals surface area (Å²) >= 11 is 7.06. The Labute approximate surface area is 202 Å². The molecule has 2 aliphatic heterocycles. The molecule has 2 aromatic rings. The van der Waals surface area contributed by atoms with E-state index in [9.17, 15) is 9.59 Å². The second-order valence-corrected chi connectivity index (χ2v) is 9.76. The van der Waals surface area contributed by atoms with Gasteiger partial charge in [0.2, 0.25) is 5.91 Å². The van der Waals surface area contributed by atoms with E-state index in [1.807, 2.05) is 42.5 Å². The van der Waals surface area contributed by atoms with Crippen molar-refractivity contribution in [2.75, 3.05) is 32.9 Å². The SMILES string of the molecule is CC(COc1ccc(CC2SC(=O)NC2=O)cc1)N1CCOC(COc2cccc(Cl)c2)C1. The zero-order valence-corrected chi connectivity index (χ0v) is 19.9. The van der Waals surface area contributed by atoms with E-state index in [2.05, 4.69) is 17.1 Å². The Balaban J connectivity index is 1.21. The first-order chi connectivity index (χ1) is 16.0. The Morgan fingerprint density at radius 1 is 1.18 bits per heavy atom. The fourth-order valence-corrected chi connectivity index (χ4v) is 4.81. The highest BCUT2D eigenvalue weighted by Crippen LogP contribution is 2.24. The van der Waals surface area contributed by atoms with E-state index in [4.69, 9.17) is 25.8 Å². The summed E-state index contributed by atoms with van der Waals surface area (Å²) < 4.78 is 17.7. The predicted molar refractivity (Wildman–Crippen MR) is 128 cm³/mol. The first-order valence-corrected chi connectivity index (χ1v) is 12.2. The molecule has 0 spiro atoms. The number of hydrogen-bond donors (Lipinski definition) is 1. The number of morpholine rings is 1. The maximum atomic E-state index is 11.7. The molecule has 4 rings (SSSR count). The number of carbonyl (C=O) groups excluding carboxylic acids is 2. The third-order valence-electron chi connectivity index (χ3n) is 5.63. The van der Waals surface area contributed by atoms with Crippen molar-refractivity contribution in [2.45, 2.75) is 30.7 Å². The number of amides is 2. The third kappa shape index (κ3) is 6.86. The number of nitrogens with one attached hydrogen (secondary N) is 1. The molecule has 0 bridgehead atoms. The van der Waals surface area contributed by atoms with Gasteiger partial charge in [-0.05, 0) is 49.2 Å². The number of hydrogen-bond acceptors (Lipinski definition) is 7. The number of rotatable bonds is 9. The summed E-state index contributed by atoms with van der Waals surface area (Å²) in [5.41, 5.74) is 0.994. The highest BCUT2D eigenvalue weighted by Gasteiger charge is 2.31. The van der Waals surface area contributed by atoms with Gasteiger partial charge in [-0.1, -0.05) is 41.6 Å². The number of nitrogens with zero attached hydrogens (tertiary/aromatic N) is 1. The van der Waals surface area contributed by atoms with Crippen LogP contribution < -0.4 is 14.8 Å². The van der Waals surface area contributed by atoms with Crippen LogP contribution >= 0.6 is 23.4 Å². The monoisotopic (exact) mass is 490 g/mol. The van der Waals surface area contributed by atoms with Gasteiger partial charge >= 0.3 is 0 Å². The lowest BCUT2D eigenvalue weighted by Gasteiger charge is -2.36. The molecule has 2 amide bonds. The number of halogens is 1. The van der Waals surface area contributed by atoms with Gasteiger partial charge in [-0.2, -0.15) is 0 Å². The smallest absolute Gasteiger partial charge is 0.286 e. The second-order valence-electron chi connectivity index (χ2n) is 8.15. The van der Waals surface area contributed by atoms with Gasteiger partial charge in [-0.25, -0.2) is 0 Å². The number of imide groups is 1. The molecule has 33 heavy (non-hydrogen) atoms. The van der Waals surface area contributed by atoms with Crippen molar-refractivity contribution < 1.29 is 23.8 Å². The minimum Gasteiger partial charge on any atom is -0.492 e. The average molecular weight is 491 g/mol. The Bertz CT molecular complexity index is 974. The number of thioether (sulfide) groups is 1. The van der Waals surface area contributed by atoms with Crippen LogP contribution in [-0.2, 0) is 16.0 Å². The van der Waals surface area contributed by atoms with Crippen LogP contribution in [0.3, 0.4) is 0 Å². The summed E-state index contributed by atoms with van der Waals surface area (Å²) in [6.07, 6.45) is 0.503. The van der Waals surface area contributed by atoms with Gasteiger partial charge in [0, 0.05) is 24.2 Å². The molecule has 0 saturated carbocycles. The third-order valence-corrected chi connectivity index (χ3v) is 6.84. The van der Waals surface area contributed by atoms with Crippen LogP contribution in [0, 0.1) is 0 Å². The van der Waals surface area contributed by atoms with E-state index >= 15 is 0 Å². The van der Waals surface area contributed by atoms with Gasteiger partial charge in [0.25, 0.3) is 5.24 Å². The molecular weight excluding hydrogens is 464 g/mol. The van der Waals surface area contributed by atoms with Gasteiger partial charge in [0.05, 0.1) is 11.9 Å². The molecule has 2 aliphatic rings. The van der Waals surface area contributed by atoms with Crippen LogP contribution in [0.15, 0.2) is 48.5 Å². The van der Waals surface area contributed by atoms with Gasteiger partial charge in [-0.15, -0.1) is 0 Å². The van der Waals surface area contributed by atoms with Crippen LogP contribution in [0.4, 0.5) is 4.79 Å². The molecule has 7 nitrogen and oxygen atoms in total. The molecule has 176 valence electrons. The number of ether oxygens (including phenoxy) is 3. The zero-order chi connectivity index (χ0) is 23.2. The van der Waals surface area contributed by atoms with Crippen molar-refractivity contribution >= 4 is 34.5 Å². The van der Waals surface area contributed by atoms with E-state index < -0.39 is 0 Å². The lowest BCUT2D eigenvalue weighted by Crippen LogP contribution is -2.50. The first kappa shape index (κ1) is 23.9. The van der Waals surface area contributed by atoms with Gasteiger partial charge in [0.15, 0.2) is 0 Å².